The Hall–Kier alpha value is -3.94. The molecule has 3 aliphatic rings. The molecular weight excluding hydrogens is 538 g/mol. The van der Waals surface area contributed by atoms with E-state index in [0.717, 1.165) is 0 Å². The van der Waals surface area contributed by atoms with Crippen molar-refractivity contribution in [1.29, 1.82) is 0 Å². The molecule has 0 radical (unpaired) electrons. The average molecular weight is 574 g/mol. The normalized spacial score (nSPS) is 29.6. The third-order valence-electron chi connectivity index (χ3n) is 8.00. The van der Waals surface area contributed by atoms with E-state index in [2.05, 4.69) is 5.32 Å². The van der Waals surface area contributed by atoms with Gasteiger partial charge in [-0.3, -0.25) is 24.6 Å². The molecule has 1 saturated carbocycles. The third-order valence-corrected chi connectivity index (χ3v) is 8.00. The third kappa shape index (κ3) is 4.44. The Kier molecular flexibility index (Phi) is 7.22. The number of carbonyl (C=O) groups excluding carboxylic acids is 4. The quantitative estimate of drug-likeness (QED) is 0.200. The van der Waals surface area contributed by atoms with E-state index in [4.69, 9.17) is 10.5 Å². The number of Topliss-reactive ketones (excluding diaryl/α,β-unsaturated/α-hetero) is 2. The van der Waals surface area contributed by atoms with Gasteiger partial charge in [-0.2, -0.15) is 0 Å². The first kappa shape index (κ1) is 30.0. The van der Waals surface area contributed by atoms with Crippen molar-refractivity contribution in [3.05, 3.63) is 40.2 Å². The Bertz CT molecular complexity index is 1420. The van der Waals surface area contributed by atoms with E-state index >= 15 is 0 Å². The summed E-state index contributed by atoms with van der Waals surface area (Å²) < 4.78 is 5.17. The SMILES string of the molecule is C[C@H]1c2ccc(NC(=O)OCC(C)(C)C)c(O)c2C(O)=C2C(=O)[C@]3(O)C(O)=C(C(N)=O)C(=O)[C@@H](N(C)C)[C@@H]3[C@@H](O)[C@@H]21. The van der Waals surface area contributed by atoms with Crippen LogP contribution in [0.5, 0.6) is 5.75 Å². The second kappa shape index (κ2) is 9.86. The van der Waals surface area contributed by atoms with Crippen molar-refractivity contribution in [2.75, 3.05) is 26.0 Å². The van der Waals surface area contributed by atoms with Crippen LogP contribution in [0.25, 0.3) is 5.76 Å². The Balaban J connectivity index is 1.88. The number of nitrogens with zero attached hydrogens (tertiary/aromatic N) is 1. The number of aromatic hydroxyl groups is 1. The lowest BCUT2D eigenvalue weighted by molar-refractivity contribution is -0.169. The van der Waals surface area contributed by atoms with Gasteiger partial charge in [-0.1, -0.05) is 33.8 Å². The van der Waals surface area contributed by atoms with Crippen LogP contribution in [0.4, 0.5) is 10.5 Å². The standard InChI is InChI=1S/C28H35N3O10/c1-10-11-7-8-12(30-26(39)41-9-27(2,3)4)19(32)14(11)20(33)15-13(10)21(34)17-18(31(5)6)22(35)16(25(29)38)24(37)28(17,40)23(15)36/h7-8,10,13,17-18,21,32-34,37,40H,9H2,1-6H3,(H2,29,38)(H,30,39)/t10-,13+,17+,18-,21-,28-/m0/s1. The van der Waals surface area contributed by atoms with Gasteiger partial charge in [-0.25, -0.2) is 4.79 Å². The minimum atomic E-state index is -3.01. The molecule has 4 rings (SSSR count). The number of carbonyl (C=O) groups is 4. The maximum Gasteiger partial charge on any atom is 0.411 e. The van der Waals surface area contributed by atoms with Crippen molar-refractivity contribution in [2.24, 2.45) is 23.0 Å². The number of phenols is 1. The van der Waals surface area contributed by atoms with Crippen LogP contribution in [-0.4, -0.2) is 92.4 Å². The van der Waals surface area contributed by atoms with Crippen molar-refractivity contribution < 1.29 is 49.4 Å². The molecule has 222 valence electrons. The highest BCUT2D eigenvalue weighted by Crippen LogP contribution is 2.56. The van der Waals surface area contributed by atoms with Crippen LogP contribution in [0, 0.1) is 17.3 Å². The minimum absolute atomic E-state index is 0.0748. The molecule has 0 bridgehead atoms. The molecule has 0 unspecified atom stereocenters. The Morgan fingerprint density at radius 3 is 2.29 bits per heavy atom. The van der Waals surface area contributed by atoms with Crippen LogP contribution in [0.2, 0.25) is 0 Å². The van der Waals surface area contributed by atoms with E-state index in [1.54, 1.807) is 6.92 Å². The lowest BCUT2D eigenvalue weighted by Crippen LogP contribution is -2.70. The van der Waals surface area contributed by atoms with Crippen molar-refractivity contribution in [1.82, 2.24) is 4.90 Å². The van der Waals surface area contributed by atoms with Crippen LogP contribution in [-0.2, 0) is 19.1 Å². The topological polar surface area (TPSA) is 220 Å². The predicted octanol–water partition coefficient (Wildman–Crippen LogP) is 1.09. The second-order valence-corrected chi connectivity index (χ2v) is 12.2. The number of fused-ring (bicyclic) bond motifs is 3. The first-order valence-electron chi connectivity index (χ1n) is 13.0. The summed E-state index contributed by atoms with van der Waals surface area (Å²) in [5.74, 6) is -9.97. The molecule has 1 aromatic carbocycles. The van der Waals surface area contributed by atoms with E-state index in [1.807, 2.05) is 20.8 Å². The molecular formula is C28H35N3O10. The molecule has 6 atom stereocenters. The number of aliphatic hydroxyl groups excluding tert-OH is 3. The number of ketones is 2. The number of benzene rings is 1. The summed E-state index contributed by atoms with van der Waals surface area (Å²) in [6.07, 6.45) is -2.57. The fraction of sp³-hybridized carbons (Fsp3) is 0.500. The number of primary amides is 1. The summed E-state index contributed by atoms with van der Waals surface area (Å²) in [6.45, 7) is 7.26. The van der Waals surface area contributed by atoms with Crippen LogP contribution in [0.3, 0.4) is 0 Å². The predicted molar refractivity (Wildman–Crippen MR) is 145 cm³/mol. The van der Waals surface area contributed by atoms with Crippen LogP contribution in [0.1, 0.15) is 44.7 Å². The lowest BCUT2D eigenvalue weighted by Gasteiger charge is -2.53. The van der Waals surface area contributed by atoms with Crippen LogP contribution in [0.15, 0.2) is 29.0 Å². The Morgan fingerprint density at radius 2 is 1.76 bits per heavy atom. The van der Waals surface area contributed by atoms with Gasteiger partial charge in [-0.05, 0) is 37.1 Å². The number of likely N-dealkylation sites (N-methyl/N-ethyl adjacent to an activating group) is 1. The number of aliphatic hydroxyl groups is 4. The second-order valence-electron chi connectivity index (χ2n) is 12.2. The van der Waals surface area contributed by atoms with Crippen molar-refractivity contribution in [3.63, 3.8) is 0 Å². The zero-order valence-corrected chi connectivity index (χ0v) is 23.6. The largest absolute Gasteiger partial charge is 0.508 e. The van der Waals surface area contributed by atoms with Crippen molar-refractivity contribution in [2.45, 2.75) is 51.4 Å². The van der Waals surface area contributed by atoms with E-state index in [0.29, 0.717) is 5.56 Å². The molecule has 3 aliphatic carbocycles. The van der Waals surface area contributed by atoms with E-state index in [9.17, 15) is 44.7 Å². The number of anilines is 1. The minimum Gasteiger partial charge on any atom is -0.508 e. The first-order valence-corrected chi connectivity index (χ1v) is 13.0. The van der Waals surface area contributed by atoms with E-state index < -0.39 is 87.5 Å². The van der Waals surface area contributed by atoms with Gasteiger partial charge >= 0.3 is 6.09 Å². The van der Waals surface area contributed by atoms with Crippen LogP contribution >= 0.6 is 0 Å². The van der Waals surface area contributed by atoms with E-state index in [-0.39, 0.29) is 23.3 Å². The number of amides is 2. The smallest absolute Gasteiger partial charge is 0.411 e. The van der Waals surface area contributed by atoms with Gasteiger partial charge < -0.3 is 36.0 Å². The Labute approximate surface area is 235 Å². The lowest BCUT2D eigenvalue weighted by atomic mass is 9.54. The van der Waals surface area contributed by atoms with E-state index in [1.165, 1.54) is 31.1 Å². The fourth-order valence-electron chi connectivity index (χ4n) is 6.15. The molecule has 0 aromatic heterocycles. The Morgan fingerprint density at radius 1 is 1.15 bits per heavy atom. The average Bonchev–Trinajstić information content (AvgIpc) is 2.85. The molecule has 13 nitrogen and oxygen atoms in total. The maximum absolute atomic E-state index is 14.0. The van der Waals surface area contributed by atoms with Crippen molar-refractivity contribution in [3.8, 4) is 5.75 Å². The number of rotatable bonds is 4. The van der Waals surface area contributed by atoms with Crippen LogP contribution < -0.4 is 11.1 Å². The molecule has 0 spiro atoms. The fourth-order valence-corrected chi connectivity index (χ4v) is 6.15. The molecule has 0 saturated heterocycles. The van der Waals surface area contributed by atoms with Gasteiger partial charge in [0.2, 0.25) is 5.78 Å². The molecule has 2 amide bonds. The summed E-state index contributed by atoms with van der Waals surface area (Å²) in [4.78, 5) is 53.0. The molecule has 41 heavy (non-hydrogen) atoms. The molecule has 8 N–H and O–H groups in total. The highest BCUT2D eigenvalue weighted by atomic mass is 16.5. The molecule has 1 fully saturated rings. The molecule has 13 heteroatoms. The molecule has 0 aliphatic heterocycles. The first-order chi connectivity index (χ1) is 18.9. The van der Waals surface area contributed by atoms with Gasteiger partial charge in [0.25, 0.3) is 5.91 Å². The summed E-state index contributed by atoms with van der Waals surface area (Å²) in [5.41, 5.74) is 0.385. The van der Waals surface area contributed by atoms with Gasteiger partial charge in [0.05, 0.1) is 35.9 Å². The monoisotopic (exact) mass is 573 g/mol. The number of hydrogen-bond acceptors (Lipinski definition) is 11. The van der Waals surface area contributed by atoms with Gasteiger partial charge in [-0.15, -0.1) is 0 Å². The summed E-state index contributed by atoms with van der Waals surface area (Å²) in [5, 5.41) is 59.1. The number of hydrogen-bond donors (Lipinski definition) is 7. The summed E-state index contributed by atoms with van der Waals surface area (Å²) in [7, 11) is 2.87. The zero-order valence-electron chi connectivity index (χ0n) is 23.6. The zero-order chi connectivity index (χ0) is 30.9. The number of ether oxygens (including phenoxy) is 1. The highest BCUT2D eigenvalue weighted by Gasteiger charge is 2.68. The highest BCUT2D eigenvalue weighted by molar-refractivity contribution is 6.24. The van der Waals surface area contributed by atoms with Gasteiger partial charge in [0.1, 0.15) is 22.8 Å². The summed E-state index contributed by atoms with van der Waals surface area (Å²) in [6, 6.07) is 1.42. The maximum atomic E-state index is 14.0. The van der Waals surface area contributed by atoms with Gasteiger partial charge in [0, 0.05) is 11.5 Å². The number of phenolic OH excluding ortho intramolecular Hbond substituents is 1. The number of nitrogens with one attached hydrogen (secondary N) is 1. The molecule has 0 heterocycles. The molecule has 1 aromatic rings. The van der Waals surface area contributed by atoms with Crippen molar-refractivity contribution >= 4 is 35.0 Å². The number of nitrogens with two attached hydrogens (primary N) is 1. The summed E-state index contributed by atoms with van der Waals surface area (Å²) >= 11 is 0. The van der Waals surface area contributed by atoms with Gasteiger partial charge in [0.15, 0.2) is 11.4 Å².